The second-order valence-electron chi connectivity index (χ2n) is 5.75. The Morgan fingerprint density at radius 3 is 2.44 bits per heavy atom. The van der Waals surface area contributed by atoms with Crippen molar-refractivity contribution >= 4 is 10.0 Å². The molecule has 2 fully saturated rings. The summed E-state index contributed by atoms with van der Waals surface area (Å²) >= 11 is 0. The van der Waals surface area contributed by atoms with Crippen LogP contribution in [0.15, 0.2) is 4.52 Å². The largest absolute Gasteiger partial charge is 0.337 e. The fourth-order valence-corrected chi connectivity index (χ4v) is 4.31. The molecule has 1 heterocycles. The fourth-order valence-electron chi connectivity index (χ4n) is 2.27. The van der Waals surface area contributed by atoms with Gasteiger partial charge in [0.25, 0.3) is 0 Å². The van der Waals surface area contributed by atoms with Crippen LogP contribution in [0.5, 0.6) is 0 Å². The molecule has 7 heteroatoms. The molecule has 0 aliphatic heterocycles. The average Bonchev–Trinajstić information content (AvgIpc) is 3.10. The lowest BCUT2D eigenvalue weighted by molar-refractivity contribution is 0.334. The Morgan fingerprint density at radius 2 is 2.06 bits per heavy atom. The Kier molecular flexibility index (Phi) is 2.24. The van der Waals surface area contributed by atoms with Crippen LogP contribution in [0.2, 0.25) is 0 Å². The normalized spacial score (nSPS) is 33.4. The molecule has 1 aromatic rings. The maximum atomic E-state index is 12.4. The first-order chi connectivity index (χ1) is 8.29. The van der Waals surface area contributed by atoms with Gasteiger partial charge in [0.2, 0.25) is 15.9 Å². The summed E-state index contributed by atoms with van der Waals surface area (Å²) in [5.41, 5.74) is -0.647. The number of rotatable bonds is 4. The quantitative estimate of drug-likeness (QED) is 0.885. The molecule has 0 amide bonds. The number of aryl methyl sites for hydroxylation is 1. The zero-order valence-electron chi connectivity index (χ0n) is 10.7. The summed E-state index contributed by atoms with van der Waals surface area (Å²) in [4.78, 5) is 4.15. The number of sulfonamides is 1. The van der Waals surface area contributed by atoms with Gasteiger partial charge >= 0.3 is 0 Å². The molecular formula is C11H17N3O3S. The maximum Gasteiger partial charge on any atom is 0.247 e. The number of aromatic nitrogens is 2. The van der Waals surface area contributed by atoms with E-state index in [9.17, 15) is 8.42 Å². The minimum Gasteiger partial charge on any atom is -0.337 e. The summed E-state index contributed by atoms with van der Waals surface area (Å²) in [5.74, 6) is 1.12. The van der Waals surface area contributed by atoms with Gasteiger partial charge in [-0.25, -0.2) is 8.42 Å². The van der Waals surface area contributed by atoms with Crippen molar-refractivity contribution in [2.45, 2.75) is 50.3 Å². The van der Waals surface area contributed by atoms with Gasteiger partial charge in [0.15, 0.2) is 5.82 Å². The highest BCUT2D eigenvalue weighted by Crippen LogP contribution is 2.52. The highest BCUT2D eigenvalue weighted by molar-refractivity contribution is 7.91. The predicted molar refractivity (Wildman–Crippen MR) is 64.2 cm³/mol. The van der Waals surface area contributed by atoms with E-state index in [0.29, 0.717) is 18.1 Å². The van der Waals surface area contributed by atoms with E-state index in [-0.39, 0.29) is 5.92 Å². The molecule has 100 valence electrons. The van der Waals surface area contributed by atoms with E-state index >= 15 is 0 Å². The first-order valence-electron chi connectivity index (χ1n) is 6.13. The van der Waals surface area contributed by atoms with E-state index in [1.807, 2.05) is 6.92 Å². The van der Waals surface area contributed by atoms with Crippen molar-refractivity contribution < 1.29 is 12.9 Å². The topological polar surface area (TPSA) is 85.1 Å². The van der Waals surface area contributed by atoms with Crippen molar-refractivity contribution in [2.24, 2.45) is 5.92 Å². The molecule has 1 N–H and O–H groups in total. The van der Waals surface area contributed by atoms with Crippen LogP contribution >= 0.6 is 0 Å². The highest BCUT2D eigenvalue weighted by Gasteiger charge is 2.62. The van der Waals surface area contributed by atoms with Gasteiger partial charge in [0.05, 0.1) is 4.75 Å². The number of nitrogens with one attached hydrogen (secondary N) is 1. The Labute approximate surface area is 106 Å². The molecule has 0 spiro atoms. The van der Waals surface area contributed by atoms with Crippen LogP contribution < -0.4 is 4.72 Å². The summed E-state index contributed by atoms with van der Waals surface area (Å²) in [6.45, 7) is 5.46. The zero-order valence-corrected chi connectivity index (χ0v) is 11.5. The maximum absolute atomic E-state index is 12.4. The minimum atomic E-state index is -3.35. The minimum absolute atomic E-state index is 0.204. The number of hydrogen-bond donors (Lipinski definition) is 1. The molecule has 3 rings (SSSR count). The SMILES string of the molecule is Cc1noc(C2(NS(=O)(=O)[C@]3(C)C[C@H]3C)CC2)n1. The second kappa shape index (κ2) is 3.33. The Balaban J connectivity index is 1.85. The van der Waals surface area contributed by atoms with Crippen molar-refractivity contribution in [3.63, 3.8) is 0 Å². The van der Waals surface area contributed by atoms with Crippen molar-refractivity contribution in [2.75, 3.05) is 0 Å². The number of nitrogens with zero attached hydrogens (tertiary/aromatic N) is 2. The Morgan fingerprint density at radius 1 is 1.44 bits per heavy atom. The third kappa shape index (κ3) is 1.60. The molecule has 6 nitrogen and oxygen atoms in total. The van der Waals surface area contributed by atoms with E-state index in [2.05, 4.69) is 14.9 Å². The van der Waals surface area contributed by atoms with Crippen LogP contribution in [0.25, 0.3) is 0 Å². The molecule has 0 radical (unpaired) electrons. The molecule has 2 saturated carbocycles. The molecule has 2 aliphatic carbocycles. The third-order valence-electron chi connectivity index (χ3n) is 4.22. The second-order valence-corrected chi connectivity index (χ2v) is 7.90. The van der Waals surface area contributed by atoms with Gasteiger partial charge < -0.3 is 4.52 Å². The van der Waals surface area contributed by atoms with Gasteiger partial charge in [-0.1, -0.05) is 12.1 Å². The third-order valence-corrected chi connectivity index (χ3v) is 6.68. The molecule has 0 aromatic carbocycles. The first kappa shape index (κ1) is 12.1. The van der Waals surface area contributed by atoms with Gasteiger partial charge in [-0.15, -0.1) is 0 Å². The summed E-state index contributed by atoms with van der Waals surface area (Å²) in [6, 6.07) is 0. The molecule has 2 aliphatic rings. The van der Waals surface area contributed by atoms with Crippen LogP contribution in [0.4, 0.5) is 0 Å². The van der Waals surface area contributed by atoms with Crippen molar-refractivity contribution in [1.82, 2.24) is 14.9 Å². The molecule has 0 bridgehead atoms. The molecule has 1 aromatic heterocycles. The van der Waals surface area contributed by atoms with E-state index in [1.165, 1.54) is 0 Å². The van der Waals surface area contributed by atoms with Crippen LogP contribution in [0.3, 0.4) is 0 Å². The van der Waals surface area contributed by atoms with Gasteiger partial charge in [0.1, 0.15) is 5.54 Å². The lowest BCUT2D eigenvalue weighted by atomic mass is 10.3. The van der Waals surface area contributed by atoms with Crippen molar-refractivity contribution in [1.29, 1.82) is 0 Å². The summed E-state index contributed by atoms with van der Waals surface area (Å²) in [7, 11) is -3.35. The molecular weight excluding hydrogens is 254 g/mol. The van der Waals surface area contributed by atoms with Crippen LogP contribution in [0, 0.1) is 12.8 Å². The van der Waals surface area contributed by atoms with E-state index in [4.69, 9.17) is 4.52 Å². The fraction of sp³-hybridized carbons (Fsp3) is 0.818. The molecule has 0 saturated heterocycles. The monoisotopic (exact) mass is 271 g/mol. The molecule has 0 unspecified atom stereocenters. The van der Waals surface area contributed by atoms with Crippen molar-refractivity contribution in [3.05, 3.63) is 11.7 Å². The molecule has 2 atom stereocenters. The summed E-state index contributed by atoms with van der Waals surface area (Å²) in [5, 5.41) is 3.72. The number of hydrogen-bond acceptors (Lipinski definition) is 5. The van der Waals surface area contributed by atoms with Gasteiger partial charge in [-0.3, -0.25) is 0 Å². The van der Waals surface area contributed by atoms with Crippen molar-refractivity contribution in [3.8, 4) is 0 Å². The van der Waals surface area contributed by atoms with Gasteiger partial charge in [-0.2, -0.15) is 9.71 Å². The lowest BCUT2D eigenvalue weighted by Crippen LogP contribution is -2.42. The first-order valence-corrected chi connectivity index (χ1v) is 7.62. The van der Waals surface area contributed by atoms with Gasteiger partial charge in [-0.05, 0) is 39.0 Å². The smallest absolute Gasteiger partial charge is 0.247 e. The van der Waals surface area contributed by atoms with Crippen LogP contribution in [0.1, 0.15) is 44.8 Å². The predicted octanol–water partition coefficient (Wildman–Crippen LogP) is 1.09. The zero-order chi connectivity index (χ0) is 13.2. The standard InChI is InChI=1S/C11H17N3O3S/c1-7-6-10(7,3)18(15,16)14-11(4-5-11)9-12-8(2)13-17-9/h7,14H,4-6H2,1-3H3/t7-,10-/m1/s1. The Bertz CT molecular complexity index is 590. The lowest BCUT2D eigenvalue weighted by Gasteiger charge is -2.18. The summed E-state index contributed by atoms with van der Waals surface area (Å²) in [6.07, 6.45) is 2.15. The van der Waals surface area contributed by atoms with E-state index in [0.717, 1.165) is 12.8 Å². The van der Waals surface area contributed by atoms with Crippen LogP contribution in [-0.2, 0) is 15.6 Å². The molecule has 18 heavy (non-hydrogen) atoms. The van der Waals surface area contributed by atoms with Crippen LogP contribution in [-0.4, -0.2) is 23.3 Å². The van der Waals surface area contributed by atoms with E-state index < -0.39 is 20.3 Å². The highest BCUT2D eigenvalue weighted by atomic mass is 32.2. The van der Waals surface area contributed by atoms with E-state index in [1.54, 1.807) is 13.8 Å². The summed E-state index contributed by atoms with van der Waals surface area (Å²) < 4.78 is 32.0. The Hall–Kier alpha value is -0.950. The van der Waals surface area contributed by atoms with Gasteiger partial charge in [0, 0.05) is 0 Å². The average molecular weight is 271 g/mol.